The molecule has 1 aromatic rings. The molecule has 1 heterocycles. The minimum Gasteiger partial charge on any atom is -0.481 e. The molecule has 2 N–H and O–H groups in total. The first kappa shape index (κ1) is 19.9. The molecule has 120 valence electrons. The molecular weight excluding hydrogens is 379 g/mol. The maximum Gasteiger partial charge on any atom is 0.212 e. The van der Waals surface area contributed by atoms with Gasteiger partial charge in [-0.1, -0.05) is 19.9 Å². The van der Waals surface area contributed by atoms with Crippen molar-refractivity contribution < 1.29 is 4.74 Å². The fourth-order valence-corrected chi connectivity index (χ4v) is 1.50. The maximum atomic E-state index is 5.04. The number of nitrogens with one attached hydrogen (secondary N) is 2. The number of rotatable bonds is 6. The average Bonchev–Trinajstić information content (AvgIpc) is 2.45. The number of pyridine rings is 1. The van der Waals surface area contributed by atoms with Crippen LogP contribution in [0.1, 0.15) is 33.3 Å². The van der Waals surface area contributed by atoms with Crippen LogP contribution in [0.4, 0.5) is 0 Å². The molecule has 0 aliphatic heterocycles. The number of hydrogen-bond acceptors (Lipinski definition) is 3. The first-order chi connectivity index (χ1) is 9.56. The van der Waals surface area contributed by atoms with Gasteiger partial charge in [-0.2, -0.15) is 0 Å². The van der Waals surface area contributed by atoms with Crippen LogP contribution >= 0.6 is 24.0 Å². The first-order valence-electron chi connectivity index (χ1n) is 7.10. The smallest absolute Gasteiger partial charge is 0.212 e. The molecule has 0 amide bonds. The first-order valence-corrected chi connectivity index (χ1v) is 7.10. The van der Waals surface area contributed by atoms with Crippen molar-refractivity contribution in [3.63, 3.8) is 0 Å². The molecule has 0 fully saturated rings. The van der Waals surface area contributed by atoms with Crippen LogP contribution in [0.2, 0.25) is 0 Å². The summed E-state index contributed by atoms with van der Waals surface area (Å²) < 4.78 is 5.04. The van der Waals surface area contributed by atoms with Gasteiger partial charge in [0, 0.05) is 24.8 Å². The number of guanidine groups is 1. The summed E-state index contributed by atoms with van der Waals surface area (Å²) in [4.78, 5) is 8.75. The SMILES string of the molecule is CCNC(=NCc1ccc(OC)nc1)NC(C)C(C)C.I. The van der Waals surface area contributed by atoms with E-state index in [2.05, 4.69) is 48.3 Å². The highest BCUT2D eigenvalue weighted by Gasteiger charge is 2.08. The second-order valence-corrected chi connectivity index (χ2v) is 5.08. The Morgan fingerprint density at radius 2 is 2.05 bits per heavy atom. The molecule has 1 rings (SSSR count). The predicted octanol–water partition coefficient (Wildman–Crippen LogP) is 2.81. The van der Waals surface area contributed by atoms with Crippen LogP contribution in [-0.2, 0) is 6.54 Å². The summed E-state index contributed by atoms with van der Waals surface area (Å²) in [7, 11) is 1.61. The van der Waals surface area contributed by atoms with E-state index in [1.165, 1.54) is 0 Å². The van der Waals surface area contributed by atoms with E-state index in [0.717, 1.165) is 18.1 Å². The molecule has 0 saturated carbocycles. The third-order valence-corrected chi connectivity index (χ3v) is 3.14. The molecule has 0 bridgehead atoms. The Labute approximate surface area is 145 Å². The summed E-state index contributed by atoms with van der Waals surface area (Å²) in [5, 5.41) is 6.66. The van der Waals surface area contributed by atoms with Gasteiger partial charge in [0.05, 0.1) is 13.7 Å². The monoisotopic (exact) mass is 406 g/mol. The highest BCUT2D eigenvalue weighted by atomic mass is 127. The Kier molecular flexibility index (Phi) is 10.1. The van der Waals surface area contributed by atoms with Crippen molar-refractivity contribution in [3.8, 4) is 5.88 Å². The molecule has 1 atom stereocenters. The summed E-state index contributed by atoms with van der Waals surface area (Å²) >= 11 is 0. The van der Waals surface area contributed by atoms with E-state index in [0.29, 0.717) is 24.4 Å². The Morgan fingerprint density at radius 1 is 1.33 bits per heavy atom. The fraction of sp³-hybridized carbons (Fsp3) is 0.600. The van der Waals surface area contributed by atoms with Crippen molar-refractivity contribution in [2.75, 3.05) is 13.7 Å². The molecule has 0 saturated heterocycles. The number of aliphatic imine (C=N–C) groups is 1. The quantitative estimate of drug-likeness (QED) is 0.434. The molecule has 6 heteroatoms. The van der Waals surface area contributed by atoms with Gasteiger partial charge in [-0.3, -0.25) is 0 Å². The summed E-state index contributed by atoms with van der Waals surface area (Å²) in [6.45, 7) is 10.0. The van der Waals surface area contributed by atoms with Crippen LogP contribution < -0.4 is 15.4 Å². The van der Waals surface area contributed by atoms with Gasteiger partial charge >= 0.3 is 0 Å². The molecule has 1 unspecified atom stereocenters. The molecule has 21 heavy (non-hydrogen) atoms. The van der Waals surface area contributed by atoms with Crippen LogP contribution in [0.3, 0.4) is 0 Å². The normalized spacial score (nSPS) is 12.6. The second-order valence-electron chi connectivity index (χ2n) is 5.08. The van der Waals surface area contributed by atoms with Crippen molar-refractivity contribution >= 4 is 29.9 Å². The third kappa shape index (κ3) is 7.50. The van der Waals surface area contributed by atoms with E-state index < -0.39 is 0 Å². The van der Waals surface area contributed by atoms with Crippen LogP contribution in [-0.4, -0.2) is 30.6 Å². The minimum atomic E-state index is 0. The highest BCUT2D eigenvalue weighted by Crippen LogP contribution is 2.07. The van der Waals surface area contributed by atoms with Crippen molar-refractivity contribution in [3.05, 3.63) is 23.9 Å². The van der Waals surface area contributed by atoms with E-state index in [9.17, 15) is 0 Å². The number of aromatic nitrogens is 1. The van der Waals surface area contributed by atoms with Gasteiger partial charge in [-0.15, -0.1) is 24.0 Å². The third-order valence-electron chi connectivity index (χ3n) is 3.14. The highest BCUT2D eigenvalue weighted by molar-refractivity contribution is 14.0. The van der Waals surface area contributed by atoms with Gasteiger partial charge in [-0.25, -0.2) is 9.98 Å². The molecule has 1 aromatic heterocycles. The zero-order valence-electron chi connectivity index (χ0n) is 13.5. The van der Waals surface area contributed by atoms with E-state index >= 15 is 0 Å². The zero-order valence-corrected chi connectivity index (χ0v) is 15.8. The van der Waals surface area contributed by atoms with Gasteiger partial charge in [-0.05, 0) is 25.3 Å². The van der Waals surface area contributed by atoms with Gasteiger partial charge in [0.15, 0.2) is 5.96 Å². The lowest BCUT2D eigenvalue weighted by Crippen LogP contribution is -2.44. The lowest BCUT2D eigenvalue weighted by molar-refractivity contribution is 0.397. The van der Waals surface area contributed by atoms with Crippen molar-refractivity contribution in [1.29, 1.82) is 0 Å². The van der Waals surface area contributed by atoms with Crippen LogP contribution in [0.25, 0.3) is 0 Å². The Hall–Kier alpha value is -1.05. The van der Waals surface area contributed by atoms with Crippen LogP contribution in [0.15, 0.2) is 23.3 Å². The molecule has 0 aromatic carbocycles. The lowest BCUT2D eigenvalue weighted by atomic mass is 10.1. The summed E-state index contributed by atoms with van der Waals surface area (Å²) in [6.07, 6.45) is 1.79. The Morgan fingerprint density at radius 3 is 2.52 bits per heavy atom. The fourth-order valence-electron chi connectivity index (χ4n) is 1.50. The van der Waals surface area contributed by atoms with Crippen molar-refractivity contribution in [2.45, 2.75) is 40.3 Å². The molecular formula is C15H27IN4O. The van der Waals surface area contributed by atoms with Gasteiger partial charge < -0.3 is 15.4 Å². The zero-order chi connectivity index (χ0) is 15.0. The number of hydrogen-bond donors (Lipinski definition) is 2. The summed E-state index contributed by atoms with van der Waals surface area (Å²) in [6, 6.07) is 4.20. The maximum absolute atomic E-state index is 5.04. The Bertz CT molecular complexity index is 420. The lowest BCUT2D eigenvalue weighted by Gasteiger charge is -2.20. The van der Waals surface area contributed by atoms with Gasteiger partial charge in [0.1, 0.15) is 0 Å². The molecule has 0 aliphatic carbocycles. The van der Waals surface area contributed by atoms with E-state index in [4.69, 9.17) is 4.74 Å². The number of methoxy groups -OCH3 is 1. The van der Waals surface area contributed by atoms with Gasteiger partial charge in [0.25, 0.3) is 0 Å². The number of halogens is 1. The van der Waals surface area contributed by atoms with Crippen molar-refractivity contribution in [1.82, 2.24) is 15.6 Å². The van der Waals surface area contributed by atoms with E-state index in [1.54, 1.807) is 13.3 Å². The topological polar surface area (TPSA) is 58.5 Å². The second kappa shape index (κ2) is 10.6. The van der Waals surface area contributed by atoms with Crippen LogP contribution in [0.5, 0.6) is 5.88 Å². The number of ether oxygens (including phenoxy) is 1. The Balaban J connectivity index is 0.00000400. The summed E-state index contributed by atoms with van der Waals surface area (Å²) in [5.74, 6) is 2.02. The minimum absolute atomic E-state index is 0. The number of nitrogens with zero attached hydrogens (tertiary/aromatic N) is 2. The average molecular weight is 406 g/mol. The molecule has 0 aliphatic rings. The molecule has 5 nitrogen and oxygen atoms in total. The standard InChI is InChI=1S/C15H26N4O.HI/c1-6-16-15(19-12(4)11(2)3)18-10-13-7-8-14(20-5)17-9-13;/h7-9,11-12H,6,10H2,1-5H3,(H2,16,18,19);1H. The van der Waals surface area contributed by atoms with Gasteiger partial charge in [0.2, 0.25) is 5.88 Å². The van der Waals surface area contributed by atoms with E-state index in [1.807, 2.05) is 12.1 Å². The predicted molar refractivity (Wildman–Crippen MR) is 98.5 cm³/mol. The largest absolute Gasteiger partial charge is 0.481 e. The summed E-state index contributed by atoms with van der Waals surface area (Å²) in [5.41, 5.74) is 1.06. The van der Waals surface area contributed by atoms with Crippen LogP contribution in [0, 0.1) is 5.92 Å². The van der Waals surface area contributed by atoms with Crippen molar-refractivity contribution in [2.24, 2.45) is 10.9 Å². The molecule has 0 radical (unpaired) electrons. The van der Waals surface area contributed by atoms with E-state index in [-0.39, 0.29) is 24.0 Å². The molecule has 0 spiro atoms.